The molecule has 0 bridgehead atoms. The Hall–Kier alpha value is -3.67. The highest BCUT2D eigenvalue weighted by molar-refractivity contribution is 5.97. The van der Waals surface area contributed by atoms with Gasteiger partial charge in [0.25, 0.3) is 5.91 Å². The first kappa shape index (κ1) is 20.6. The van der Waals surface area contributed by atoms with Crippen LogP contribution in [-0.4, -0.2) is 26.8 Å². The minimum Gasteiger partial charge on any atom is -0.464 e. The zero-order valence-electron chi connectivity index (χ0n) is 18.4. The lowest BCUT2D eigenvalue weighted by atomic mass is 10.0. The molecule has 4 aromatic rings. The molecule has 31 heavy (non-hydrogen) atoms. The molecule has 0 unspecified atom stereocenters. The van der Waals surface area contributed by atoms with Gasteiger partial charge in [-0.3, -0.25) is 9.48 Å². The van der Waals surface area contributed by atoms with Crippen LogP contribution in [-0.2, 0) is 11.8 Å². The molecule has 2 heterocycles. The maximum Gasteiger partial charge on any atom is 0.265 e. The molecule has 6 heteroatoms. The lowest BCUT2D eigenvalue weighted by Crippen LogP contribution is -2.31. The van der Waals surface area contributed by atoms with Crippen LogP contribution in [0.1, 0.15) is 23.7 Å². The van der Waals surface area contributed by atoms with E-state index in [1.54, 1.807) is 11.6 Å². The molecule has 0 aliphatic rings. The van der Waals surface area contributed by atoms with E-state index < -0.39 is 6.10 Å². The number of fused-ring (bicyclic) bond motifs is 1. The summed E-state index contributed by atoms with van der Waals surface area (Å²) in [6.45, 7) is 7.64. The third-order valence-corrected chi connectivity index (χ3v) is 5.43. The molecule has 0 spiro atoms. The van der Waals surface area contributed by atoms with Crippen molar-refractivity contribution in [3.05, 3.63) is 71.4 Å². The van der Waals surface area contributed by atoms with Gasteiger partial charge in [0.1, 0.15) is 0 Å². The van der Waals surface area contributed by atoms with Crippen molar-refractivity contribution in [2.75, 3.05) is 5.32 Å². The molecule has 158 valence electrons. The molecule has 0 fully saturated rings. The average Bonchev–Trinajstić information content (AvgIpc) is 3.04. The maximum atomic E-state index is 12.8. The number of hydrogen-bond acceptors (Lipinski definition) is 4. The Morgan fingerprint density at radius 2 is 1.71 bits per heavy atom. The van der Waals surface area contributed by atoms with Gasteiger partial charge >= 0.3 is 0 Å². The lowest BCUT2D eigenvalue weighted by Gasteiger charge is -2.17. The second kappa shape index (κ2) is 8.22. The normalized spacial score (nSPS) is 12.0. The lowest BCUT2D eigenvalue weighted by molar-refractivity contribution is -0.122. The molecule has 0 radical (unpaired) electrons. The fourth-order valence-electron chi connectivity index (χ4n) is 3.80. The first-order valence-electron chi connectivity index (χ1n) is 10.3. The van der Waals surface area contributed by atoms with Gasteiger partial charge in [-0.05, 0) is 49.9 Å². The van der Waals surface area contributed by atoms with Crippen LogP contribution in [0.2, 0.25) is 0 Å². The van der Waals surface area contributed by atoms with Crippen LogP contribution in [0.25, 0.3) is 22.2 Å². The minimum absolute atomic E-state index is 0.221. The van der Waals surface area contributed by atoms with Crippen molar-refractivity contribution in [1.29, 1.82) is 0 Å². The van der Waals surface area contributed by atoms with Gasteiger partial charge in [-0.25, -0.2) is 0 Å². The number of nitrogens with one attached hydrogen (secondary N) is 1. The summed E-state index contributed by atoms with van der Waals surface area (Å²) >= 11 is 0. The Morgan fingerprint density at radius 1 is 1.03 bits per heavy atom. The number of pyridine rings is 1. The van der Waals surface area contributed by atoms with E-state index in [1.165, 1.54) is 0 Å². The van der Waals surface area contributed by atoms with Gasteiger partial charge in [0.15, 0.2) is 11.8 Å². The number of benzene rings is 2. The molecular formula is C25H26N4O2. The number of carbonyl (C=O) groups excluding carboxylic acids is 1. The second-order valence-corrected chi connectivity index (χ2v) is 7.80. The zero-order chi connectivity index (χ0) is 22.1. The van der Waals surface area contributed by atoms with Crippen molar-refractivity contribution in [2.24, 2.45) is 7.05 Å². The SMILES string of the molecule is Cc1cccc(C)c1NC(=O)[C@H](C)Oc1cc(-c2ccccc2)c2c(C)nn(C)c2n1. The van der Waals surface area contributed by atoms with Gasteiger partial charge in [0, 0.05) is 18.8 Å². The Balaban J connectivity index is 1.67. The Morgan fingerprint density at radius 3 is 2.39 bits per heavy atom. The van der Waals surface area contributed by atoms with E-state index >= 15 is 0 Å². The van der Waals surface area contributed by atoms with Crippen LogP contribution >= 0.6 is 0 Å². The summed E-state index contributed by atoms with van der Waals surface area (Å²) in [6.07, 6.45) is -0.720. The average molecular weight is 415 g/mol. The number of aryl methyl sites for hydroxylation is 4. The van der Waals surface area contributed by atoms with Crippen molar-refractivity contribution >= 4 is 22.6 Å². The number of hydrogen-bond donors (Lipinski definition) is 1. The third-order valence-electron chi connectivity index (χ3n) is 5.43. The van der Waals surface area contributed by atoms with Gasteiger partial charge < -0.3 is 10.1 Å². The van der Waals surface area contributed by atoms with Gasteiger partial charge in [0.2, 0.25) is 5.88 Å². The molecule has 0 aliphatic carbocycles. The minimum atomic E-state index is -0.720. The van der Waals surface area contributed by atoms with Crippen LogP contribution in [0.5, 0.6) is 5.88 Å². The number of rotatable bonds is 5. The molecule has 2 aromatic heterocycles. The van der Waals surface area contributed by atoms with Crippen molar-refractivity contribution < 1.29 is 9.53 Å². The summed E-state index contributed by atoms with van der Waals surface area (Å²) in [4.78, 5) is 17.5. The van der Waals surface area contributed by atoms with Gasteiger partial charge in [-0.1, -0.05) is 48.5 Å². The molecule has 4 rings (SSSR count). The number of anilines is 1. The highest BCUT2D eigenvalue weighted by Crippen LogP contribution is 2.33. The van der Waals surface area contributed by atoms with E-state index in [0.29, 0.717) is 5.88 Å². The number of nitrogens with zero attached hydrogens (tertiary/aromatic N) is 3. The fourth-order valence-corrected chi connectivity index (χ4v) is 3.80. The van der Waals surface area contributed by atoms with E-state index in [0.717, 1.165) is 44.7 Å². The highest BCUT2D eigenvalue weighted by Gasteiger charge is 2.20. The molecular weight excluding hydrogens is 388 g/mol. The third kappa shape index (κ3) is 4.01. The van der Waals surface area contributed by atoms with E-state index in [2.05, 4.69) is 15.4 Å². The predicted molar refractivity (Wildman–Crippen MR) is 123 cm³/mol. The van der Waals surface area contributed by atoms with Crippen molar-refractivity contribution in [3.8, 4) is 17.0 Å². The van der Waals surface area contributed by atoms with Gasteiger partial charge in [0.05, 0.1) is 11.1 Å². The van der Waals surface area contributed by atoms with Crippen LogP contribution in [0.15, 0.2) is 54.6 Å². The molecule has 1 atom stereocenters. The van der Waals surface area contributed by atoms with Gasteiger partial charge in [-0.2, -0.15) is 10.1 Å². The van der Waals surface area contributed by atoms with Crippen LogP contribution < -0.4 is 10.1 Å². The summed E-state index contributed by atoms with van der Waals surface area (Å²) in [5.74, 6) is 0.167. The molecule has 2 aromatic carbocycles. The van der Waals surface area contributed by atoms with Crippen molar-refractivity contribution in [2.45, 2.75) is 33.8 Å². The van der Waals surface area contributed by atoms with Crippen LogP contribution in [0.4, 0.5) is 5.69 Å². The summed E-state index contributed by atoms with van der Waals surface area (Å²) < 4.78 is 7.74. The topological polar surface area (TPSA) is 69.0 Å². The standard InChI is InChI=1S/C25H26N4O2/c1-15-10-9-11-16(2)23(15)27-25(30)18(4)31-21-14-20(19-12-7-6-8-13-19)22-17(3)28-29(5)24(22)26-21/h6-14,18H,1-5H3,(H,27,30)/t18-/m0/s1. The maximum absolute atomic E-state index is 12.8. The number of carbonyl (C=O) groups is 1. The molecule has 0 saturated heterocycles. The van der Waals surface area contributed by atoms with Crippen LogP contribution in [0, 0.1) is 20.8 Å². The summed E-state index contributed by atoms with van der Waals surface area (Å²) in [5, 5.41) is 8.49. The molecule has 1 amide bonds. The van der Waals surface area contributed by atoms with E-state index in [-0.39, 0.29) is 5.91 Å². The van der Waals surface area contributed by atoms with E-state index in [4.69, 9.17) is 4.74 Å². The number of para-hydroxylation sites is 1. The second-order valence-electron chi connectivity index (χ2n) is 7.80. The Labute approximate surface area is 181 Å². The largest absolute Gasteiger partial charge is 0.464 e. The molecule has 6 nitrogen and oxygen atoms in total. The quantitative estimate of drug-likeness (QED) is 0.501. The number of aromatic nitrogens is 3. The summed E-state index contributed by atoms with van der Waals surface area (Å²) in [5.41, 5.74) is 6.48. The van der Waals surface area contributed by atoms with Crippen molar-refractivity contribution in [3.63, 3.8) is 0 Å². The Kier molecular flexibility index (Phi) is 5.46. The Bertz CT molecular complexity index is 1240. The first-order chi connectivity index (χ1) is 14.8. The smallest absolute Gasteiger partial charge is 0.265 e. The summed E-state index contributed by atoms with van der Waals surface area (Å²) in [6, 6.07) is 17.9. The summed E-state index contributed by atoms with van der Waals surface area (Å²) in [7, 11) is 1.86. The molecule has 0 aliphatic heterocycles. The van der Waals surface area contributed by atoms with E-state index in [9.17, 15) is 4.79 Å². The zero-order valence-corrected chi connectivity index (χ0v) is 18.4. The first-order valence-corrected chi connectivity index (χ1v) is 10.3. The number of amides is 1. The fraction of sp³-hybridized carbons (Fsp3) is 0.240. The molecule has 1 N–H and O–H groups in total. The van der Waals surface area contributed by atoms with E-state index in [1.807, 2.05) is 82.4 Å². The van der Waals surface area contributed by atoms with Crippen LogP contribution in [0.3, 0.4) is 0 Å². The van der Waals surface area contributed by atoms with Gasteiger partial charge in [-0.15, -0.1) is 0 Å². The predicted octanol–water partition coefficient (Wildman–Crippen LogP) is 4.97. The monoisotopic (exact) mass is 414 g/mol. The molecule has 0 saturated carbocycles. The number of ether oxygens (including phenoxy) is 1. The highest BCUT2D eigenvalue weighted by atomic mass is 16.5. The van der Waals surface area contributed by atoms with Crippen molar-refractivity contribution in [1.82, 2.24) is 14.8 Å².